The van der Waals surface area contributed by atoms with Crippen LogP contribution in [0.4, 0.5) is 4.39 Å². The van der Waals surface area contributed by atoms with Crippen molar-refractivity contribution < 1.29 is 23.8 Å². The third kappa shape index (κ3) is 8.41. The van der Waals surface area contributed by atoms with Crippen LogP contribution in [-0.2, 0) is 4.79 Å². The molecule has 7 heteroatoms. The van der Waals surface area contributed by atoms with Crippen molar-refractivity contribution in [3.63, 3.8) is 0 Å². The molecular formula is C29H32FNO4S. The molecule has 0 saturated carbocycles. The molecule has 0 aliphatic rings. The third-order valence-corrected chi connectivity index (χ3v) is 6.81. The molecule has 2 N–H and O–H groups in total. The van der Waals surface area contributed by atoms with Crippen LogP contribution < -0.4 is 10.1 Å². The molecule has 0 aliphatic heterocycles. The summed E-state index contributed by atoms with van der Waals surface area (Å²) in [4.78, 5) is 24.1. The van der Waals surface area contributed by atoms with E-state index in [0.717, 1.165) is 28.0 Å². The topological polar surface area (TPSA) is 75.6 Å². The molecule has 0 radical (unpaired) electrons. The number of carbonyl (C=O) groups excluding carboxylic acids is 1. The van der Waals surface area contributed by atoms with E-state index in [-0.39, 0.29) is 30.7 Å². The van der Waals surface area contributed by atoms with Crippen molar-refractivity contribution in [1.82, 2.24) is 5.32 Å². The van der Waals surface area contributed by atoms with E-state index in [0.29, 0.717) is 17.2 Å². The zero-order valence-corrected chi connectivity index (χ0v) is 21.4. The number of carboxylic acids is 1. The van der Waals surface area contributed by atoms with Crippen molar-refractivity contribution in [2.24, 2.45) is 5.92 Å². The van der Waals surface area contributed by atoms with Crippen molar-refractivity contribution in [2.45, 2.75) is 36.8 Å². The lowest BCUT2D eigenvalue weighted by Crippen LogP contribution is -2.25. The molecule has 1 unspecified atom stereocenters. The Kier molecular flexibility index (Phi) is 10.4. The van der Waals surface area contributed by atoms with Gasteiger partial charge in [0.1, 0.15) is 19.0 Å². The second-order valence-electron chi connectivity index (χ2n) is 8.84. The number of aliphatic carboxylic acids is 1. The Hall–Kier alpha value is -3.32. The summed E-state index contributed by atoms with van der Waals surface area (Å²) in [5.41, 5.74) is 3.82. The van der Waals surface area contributed by atoms with Gasteiger partial charge in [0.05, 0.1) is 6.42 Å². The first-order chi connectivity index (χ1) is 17.4. The van der Waals surface area contributed by atoms with E-state index in [1.165, 1.54) is 0 Å². The molecule has 1 amide bonds. The van der Waals surface area contributed by atoms with E-state index in [9.17, 15) is 14.0 Å². The molecule has 0 spiro atoms. The summed E-state index contributed by atoms with van der Waals surface area (Å²) in [6.07, 6.45) is 0.882. The van der Waals surface area contributed by atoms with Gasteiger partial charge in [0.2, 0.25) is 0 Å². The van der Waals surface area contributed by atoms with Crippen LogP contribution in [0, 0.1) is 5.92 Å². The zero-order valence-electron chi connectivity index (χ0n) is 20.6. The number of carboxylic acid groups (broad SMARTS) is 1. The first kappa shape index (κ1) is 27.3. The molecular weight excluding hydrogens is 477 g/mol. The maximum atomic E-state index is 12.3. The molecule has 0 aliphatic carbocycles. The van der Waals surface area contributed by atoms with E-state index < -0.39 is 12.6 Å². The number of rotatable bonds is 13. The molecule has 0 aromatic heterocycles. The molecule has 3 aromatic rings. The largest absolute Gasteiger partial charge is 0.491 e. The Morgan fingerprint density at radius 3 is 2.11 bits per heavy atom. The summed E-state index contributed by atoms with van der Waals surface area (Å²) >= 11 is 1.80. The second-order valence-corrected chi connectivity index (χ2v) is 10.1. The fourth-order valence-corrected chi connectivity index (χ4v) is 5.10. The molecule has 0 heterocycles. The highest BCUT2D eigenvalue weighted by Gasteiger charge is 2.16. The lowest BCUT2D eigenvalue weighted by atomic mass is 10.0. The van der Waals surface area contributed by atoms with Crippen molar-refractivity contribution >= 4 is 23.6 Å². The number of benzene rings is 3. The summed E-state index contributed by atoms with van der Waals surface area (Å²) in [6, 6.07) is 23.6. The van der Waals surface area contributed by atoms with Crippen molar-refractivity contribution in [3.8, 4) is 16.9 Å². The molecule has 190 valence electrons. The minimum Gasteiger partial charge on any atom is -0.491 e. The van der Waals surface area contributed by atoms with Gasteiger partial charge >= 0.3 is 5.97 Å². The number of amides is 1. The predicted molar refractivity (Wildman–Crippen MR) is 142 cm³/mol. The quantitative estimate of drug-likeness (QED) is 0.248. The highest BCUT2D eigenvalue weighted by molar-refractivity contribution is 7.99. The minimum absolute atomic E-state index is 0.0610. The van der Waals surface area contributed by atoms with Crippen LogP contribution >= 0.6 is 11.8 Å². The van der Waals surface area contributed by atoms with Gasteiger partial charge in [-0.2, -0.15) is 0 Å². The summed E-state index contributed by atoms with van der Waals surface area (Å²) in [5.74, 6) is -0.0545. The van der Waals surface area contributed by atoms with Gasteiger partial charge in [0.25, 0.3) is 5.91 Å². The number of ether oxygens (including phenoxy) is 1. The van der Waals surface area contributed by atoms with Gasteiger partial charge in [0.15, 0.2) is 0 Å². The number of hydrogen-bond donors (Lipinski definition) is 2. The van der Waals surface area contributed by atoms with Crippen LogP contribution in [0.5, 0.6) is 5.75 Å². The average Bonchev–Trinajstić information content (AvgIpc) is 2.87. The summed E-state index contributed by atoms with van der Waals surface area (Å²) in [5, 5.41) is 11.6. The Labute approximate surface area is 216 Å². The lowest BCUT2D eigenvalue weighted by molar-refractivity contribution is -0.136. The molecule has 36 heavy (non-hydrogen) atoms. The Morgan fingerprint density at radius 1 is 0.944 bits per heavy atom. The maximum absolute atomic E-state index is 12.3. The number of carbonyl (C=O) groups is 2. The lowest BCUT2D eigenvalue weighted by Gasteiger charge is -2.20. The highest BCUT2D eigenvalue weighted by atomic mass is 32.2. The standard InChI is InChI=1S/C29H32FNO4S/c1-20(2)19-27(23-3-5-24(6-4-23)29(34)31-17-15-28(32)33)36-26-13-9-22(10-14-26)21-7-11-25(12-8-21)35-18-16-30/h3-14,20,27H,15-19H2,1-2H3,(H,31,34)(H,32,33). The van der Waals surface area contributed by atoms with Crippen molar-refractivity contribution in [3.05, 3.63) is 83.9 Å². The van der Waals surface area contributed by atoms with Gasteiger partial charge in [-0.05, 0) is 65.4 Å². The van der Waals surface area contributed by atoms with Gasteiger partial charge < -0.3 is 15.2 Å². The Balaban J connectivity index is 1.67. The number of halogens is 1. The zero-order chi connectivity index (χ0) is 25.9. The van der Waals surface area contributed by atoms with E-state index in [1.54, 1.807) is 23.9 Å². The third-order valence-electron chi connectivity index (χ3n) is 5.52. The smallest absolute Gasteiger partial charge is 0.305 e. The fraction of sp³-hybridized carbons (Fsp3) is 0.310. The molecule has 0 bridgehead atoms. The van der Waals surface area contributed by atoms with Crippen molar-refractivity contribution in [2.75, 3.05) is 19.8 Å². The van der Waals surface area contributed by atoms with Crippen LogP contribution in [0.2, 0.25) is 0 Å². The van der Waals surface area contributed by atoms with Gasteiger partial charge in [-0.25, -0.2) is 4.39 Å². The normalized spacial score (nSPS) is 11.8. The second kappa shape index (κ2) is 13.7. The molecule has 0 saturated heterocycles. The minimum atomic E-state index is -0.940. The van der Waals surface area contributed by atoms with E-state index in [2.05, 4.69) is 43.4 Å². The summed E-state index contributed by atoms with van der Waals surface area (Å²) in [6.45, 7) is 4.05. The predicted octanol–water partition coefficient (Wildman–Crippen LogP) is 6.79. The molecule has 0 fully saturated rings. The van der Waals surface area contributed by atoms with Crippen LogP contribution in [-0.4, -0.2) is 36.8 Å². The van der Waals surface area contributed by atoms with Gasteiger partial charge in [0, 0.05) is 22.3 Å². The molecule has 1 atom stereocenters. The SMILES string of the molecule is CC(C)CC(Sc1ccc(-c2ccc(OCCF)cc2)cc1)c1ccc(C(=O)NCCC(=O)O)cc1. The van der Waals surface area contributed by atoms with E-state index >= 15 is 0 Å². The monoisotopic (exact) mass is 509 g/mol. The van der Waals surface area contributed by atoms with Crippen LogP contribution in [0.1, 0.15) is 47.9 Å². The van der Waals surface area contributed by atoms with E-state index in [1.807, 2.05) is 36.4 Å². The van der Waals surface area contributed by atoms with Gasteiger partial charge in [-0.3, -0.25) is 9.59 Å². The number of nitrogens with one attached hydrogen (secondary N) is 1. The first-order valence-electron chi connectivity index (χ1n) is 12.0. The van der Waals surface area contributed by atoms with Gasteiger partial charge in [-0.15, -0.1) is 11.8 Å². The number of alkyl halides is 1. The maximum Gasteiger partial charge on any atom is 0.305 e. The van der Waals surface area contributed by atoms with Crippen LogP contribution in [0.25, 0.3) is 11.1 Å². The molecule has 3 aromatic carbocycles. The first-order valence-corrected chi connectivity index (χ1v) is 12.9. The van der Waals surface area contributed by atoms with Crippen molar-refractivity contribution in [1.29, 1.82) is 0 Å². The number of hydrogen-bond acceptors (Lipinski definition) is 4. The van der Waals surface area contributed by atoms with E-state index in [4.69, 9.17) is 9.84 Å². The van der Waals surface area contributed by atoms with Crippen LogP contribution in [0.3, 0.4) is 0 Å². The molecule has 3 rings (SSSR count). The fourth-order valence-electron chi connectivity index (χ4n) is 3.70. The average molecular weight is 510 g/mol. The summed E-state index contributed by atoms with van der Waals surface area (Å²) in [7, 11) is 0. The number of thioether (sulfide) groups is 1. The van der Waals surface area contributed by atoms with Gasteiger partial charge in [-0.1, -0.05) is 50.2 Å². The Morgan fingerprint density at radius 2 is 1.56 bits per heavy atom. The highest BCUT2D eigenvalue weighted by Crippen LogP contribution is 2.40. The van der Waals surface area contributed by atoms with Crippen LogP contribution in [0.15, 0.2) is 77.7 Å². The summed E-state index contributed by atoms with van der Waals surface area (Å²) < 4.78 is 17.6. The Bertz CT molecular complexity index is 1120. The molecule has 5 nitrogen and oxygen atoms in total.